The molecule has 0 N–H and O–H groups in total. The van der Waals surface area contributed by atoms with Crippen molar-refractivity contribution >= 4 is 6.29 Å². The number of rotatable bonds is 5. The van der Waals surface area contributed by atoms with Crippen LogP contribution >= 0.6 is 0 Å². The van der Waals surface area contributed by atoms with Crippen molar-refractivity contribution in [2.24, 2.45) is 0 Å². The van der Waals surface area contributed by atoms with Gasteiger partial charge in [0.2, 0.25) is 0 Å². The Morgan fingerprint density at radius 3 is 2.78 bits per heavy atom. The zero-order valence-corrected chi connectivity index (χ0v) is 10.3. The average Bonchev–Trinajstić information content (AvgIpc) is 2.46. The minimum atomic E-state index is -0.833. The Labute approximate surface area is 107 Å². The summed E-state index contributed by atoms with van der Waals surface area (Å²) in [5, 5.41) is 0. The smallest absolute Gasteiger partial charge is 0.192 e. The molecule has 0 aliphatic heterocycles. The van der Waals surface area contributed by atoms with Gasteiger partial charge in [0.15, 0.2) is 5.79 Å². The highest BCUT2D eigenvalue weighted by Crippen LogP contribution is 2.28. The third-order valence-corrected chi connectivity index (χ3v) is 2.93. The van der Waals surface area contributed by atoms with Crippen LogP contribution in [-0.2, 0) is 20.9 Å². The third-order valence-electron chi connectivity index (χ3n) is 2.93. The maximum atomic E-state index is 10.8. The van der Waals surface area contributed by atoms with Crippen molar-refractivity contribution in [3.05, 3.63) is 59.7 Å². The van der Waals surface area contributed by atoms with Gasteiger partial charge in [0.25, 0.3) is 0 Å². The number of ether oxygens (including phenoxy) is 2. The standard InChI is InChI=1S/C15H16O3/c1-17-15(9-5-8-14(10-15)11-16)18-12-13-6-3-2-4-7-13/h2-9,11H,10,12H2,1H3. The molecule has 0 spiro atoms. The van der Waals surface area contributed by atoms with Crippen LogP contribution in [-0.4, -0.2) is 19.2 Å². The molecule has 1 aromatic rings. The van der Waals surface area contributed by atoms with E-state index in [4.69, 9.17) is 9.47 Å². The Balaban J connectivity index is 2.04. The van der Waals surface area contributed by atoms with Crippen molar-refractivity contribution in [2.75, 3.05) is 7.11 Å². The fourth-order valence-electron chi connectivity index (χ4n) is 1.88. The zero-order valence-electron chi connectivity index (χ0n) is 10.3. The van der Waals surface area contributed by atoms with Gasteiger partial charge in [-0.2, -0.15) is 0 Å². The molecule has 18 heavy (non-hydrogen) atoms. The number of carbonyl (C=O) groups excluding carboxylic acids is 1. The predicted octanol–water partition coefficient (Wildman–Crippen LogP) is 2.63. The van der Waals surface area contributed by atoms with E-state index in [1.807, 2.05) is 36.4 Å². The van der Waals surface area contributed by atoms with E-state index in [1.165, 1.54) is 0 Å². The van der Waals surface area contributed by atoms with Gasteiger partial charge in [0, 0.05) is 13.5 Å². The molecular weight excluding hydrogens is 228 g/mol. The Bertz CT molecular complexity index is 462. The molecule has 0 heterocycles. The van der Waals surface area contributed by atoms with Gasteiger partial charge in [0.05, 0.1) is 6.61 Å². The van der Waals surface area contributed by atoms with Gasteiger partial charge in [-0.1, -0.05) is 42.5 Å². The van der Waals surface area contributed by atoms with Crippen molar-refractivity contribution < 1.29 is 14.3 Å². The van der Waals surface area contributed by atoms with Gasteiger partial charge in [-0.3, -0.25) is 4.79 Å². The van der Waals surface area contributed by atoms with E-state index >= 15 is 0 Å². The molecule has 94 valence electrons. The number of hydrogen-bond donors (Lipinski definition) is 0. The van der Waals surface area contributed by atoms with Crippen molar-refractivity contribution in [1.82, 2.24) is 0 Å². The molecular formula is C15H16O3. The van der Waals surface area contributed by atoms with Crippen molar-refractivity contribution in [3.63, 3.8) is 0 Å². The molecule has 2 rings (SSSR count). The molecule has 0 bridgehead atoms. The van der Waals surface area contributed by atoms with Crippen molar-refractivity contribution in [1.29, 1.82) is 0 Å². The van der Waals surface area contributed by atoms with Gasteiger partial charge in [-0.05, 0) is 17.2 Å². The first kappa shape index (κ1) is 12.7. The van der Waals surface area contributed by atoms with Gasteiger partial charge in [-0.15, -0.1) is 0 Å². The Morgan fingerprint density at radius 1 is 1.33 bits per heavy atom. The Kier molecular flexibility index (Phi) is 4.07. The van der Waals surface area contributed by atoms with Gasteiger partial charge in [0.1, 0.15) is 6.29 Å². The second kappa shape index (κ2) is 5.76. The summed E-state index contributed by atoms with van der Waals surface area (Å²) >= 11 is 0. The van der Waals surface area contributed by atoms with Crippen molar-refractivity contribution in [2.45, 2.75) is 18.8 Å². The molecule has 0 amide bonds. The highest BCUT2D eigenvalue weighted by Gasteiger charge is 2.30. The van der Waals surface area contributed by atoms with Crippen LogP contribution in [0.25, 0.3) is 0 Å². The topological polar surface area (TPSA) is 35.5 Å². The van der Waals surface area contributed by atoms with Crippen LogP contribution in [0.2, 0.25) is 0 Å². The lowest BCUT2D eigenvalue weighted by Crippen LogP contribution is -2.34. The third kappa shape index (κ3) is 2.94. The summed E-state index contributed by atoms with van der Waals surface area (Å²) in [7, 11) is 1.59. The maximum absolute atomic E-state index is 10.8. The molecule has 1 aliphatic rings. The van der Waals surface area contributed by atoms with E-state index in [0.717, 1.165) is 11.8 Å². The second-order valence-corrected chi connectivity index (χ2v) is 4.19. The molecule has 3 heteroatoms. The van der Waals surface area contributed by atoms with E-state index < -0.39 is 5.79 Å². The maximum Gasteiger partial charge on any atom is 0.192 e. The number of methoxy groups -OCH3 is 1. The highest BCUT2D eigenvalue weighted by atomic mass is 16.7. The first-order chi connectivity index (χ1) is 8.78. The van der Waals surface area contributed by atoms with Gasteiger partial charge in [-0.25, -0.2) is 0 Å². The zero-order chi connectivity index (χ0) is 12.8. The van der Waals surface area contributed by atoms with E-state index in [2.05, 4.69) is 0 Å². The van der Waals surface area contributed by atoms with Crippen LogP contribution in [0.1, 0.15) is 12.0 Å². The molecule has 0 saturated carbocycles. The number of allylic oxidation sites excluding steroid dienone is 2. The molecule has 0 saturated heterocycles. The summed E-state index contributed by atoms with van der Waals surface area (Å²) in [5.41, 5.74) is 1.75. The minimum Gasteiger partial charge on any atom is -0.349 e. The summed E-state index contributed by atoms with van der Waals surface area (Å²) in [6.07, 6.45) is 6.68. The van der Waals surface area contributed by atoms with Crippen LogP contribution in [0.5, 0.6) is 0 Å². The molecule has 0 fully saturated rings. The monoisotopic (exact) mass is 244 g/mol. The fourth-order valence-corrected chi connectivity index (χ4v) is 1.88. The molecule has 0 aromatic heterocycles. The quantitative estimate of drug-likeness (QED) is 0.590. The van der Waals surface area contributed by atoms with E-state index in [-0.39, 0.29) is 0 Å². The van der Waals surface area contributed by atoms with Gasteiger partial charge < -0.3 is 9.47 Å². The normalized spacial score (nSPS) is 22.6. The number of carbonyl (C=O) groups is 1. The summed E-state index contributed by atoms with van der Waals surface area (Å²) in [5.74, 6) is -0.833. The summed E-state index contributed by atoms with van der Waals surface area (Å²) in [6.45, 7) is 0.450. The van der Waals surface area contributed by atoms with Crippen LogP contribution < -0.4 is 0 Å². The SMILES string of the molecule is COC1(OCc2ccccc2)C=CC=C(C=O)C1. The number of hydrogen-bond acceptors (Lipinski definition) is 3. The van der Waals surface area contributed by atoms with Crippen LogP contribution in [0.3, 0.4) is 0 Å². The highest BCUT2D eigenvalue weighted by molar-refractivity contribution is 5.74. The average molecular weight is 244 g/mol. The molecule has 1 aromatic carbocycles. The fraction of sp³-hybridized carbons (Fsp3) is 0.267. The van der Waals surface area contributed by atoms with Crippen LogP contribution in [0.4, 0.5) is 0 Å². The number of benzene rings is 1. The van der Waals surface area contributed by atoms with Crippen LogP contribution in [0, 0.1) is 0 Å². The summed E-state index contributed by atoms with van der Waals surface area (Å²) in [4.78, 5) is 10.8. The first-order valence-electron chi connectivity index (χ1n) is 5.84. The molecule has 0 radical (unpaired) electrons. The predicted molar refractivity (Wildman–Crippen MR) is 68.9 cm³/mol. The second-order valence-electron chi connectivity index (χ2n) is 4.19. The Morgan fingerprint density at radius 2 is 2.11 bits per heavy atom. The minimum absolute atomic E-state index is 0.441. The molecule has 1 unspecified atom stereocenters. The van der Waals surface area contributed by atoms with E-state index in [9.17, 15) is 4.79 Å². The van der Waals surface area contributed by atoms with Crippen LogP contribution in [0.15, 0.2) is 54.1 Å². The summed E-state index contributed by atoms with van der Waals surface area (Å²) < 4.78 is 11.3. The molecule has 3 nitrogen and oxygen atoms in total. The van der Waals surface area contributed by atoms with Gasteiger partial charge >= 0.3 is 0 Å². The first-order valence-corrected chi connectivity index (χ1v) is 5.84. The lowest BCUT2D eigenvalue weighted by molar-refractivity contribution is -0.195. The lowest BCUT2D eigenvalue weighted by Gasteiger charge is -2.31. The van der Waals surface area contributed by atoms with E-state index in [1.54, 1.807) is 19.3 Å². The summed E-state index contributed by atoms with van der Waals surface area (Å²) in [6, 6.07) is 9.87. The molecule has 1 aliphatic carbocycles. The lowest BCUT2D eigenvalue weighted by atomic mass is 10.0. The number of aldehydes is 1. The van der Waals surface area contributed by atoms with E-state index in [0.29, 0.717) is 18.6 Å². The van der Waals surface area contributed by atoms with Crippen molar-refractivity contribution in [3.8, 4) is 0 Å². The Hall–Kier alpha value is -1.71. The molecule has 1 atom stereocenters. The largest absolute Gasteiger partial charge is 0.349 e.